The molecule has 1 aromatic heterocycles. The van der Waals surface area contributed by atoms with Crippen LogP contribution in [0.2, 0.25) is 0 Å². The molecule has 0 amide bonds. The molecule has 0 bridgehead atoms. The van der Waals surface area contributed by atoms with Gasteiger partial charge >= 0.3 is 0 Å². The Morgan fingerprint density at radius 2 is 2.42 bits per heavy atom. The van der Waals surface area contributed by atoms with Gasteiger partial charge in [-0.3, -0.25) is 4.98 Å². The summed E-state index contributed by atoms with van der Waals surface area (Å²) in [6.45, 7) is 3.30. The lowest BCUT2D eigenvalue weighted by atomic mass is 9.99. The Balaban J connectivity index is 2.02. The van der Waals surface area contributed by atoms with Crippen molar-refractivity contribution in [2.75, 3.05) is 18.0 Å². The van der Waals surface area contributed by atoms with Gasteiger partial charge in [-0.05, 0) is 49.6 Å². The van der Waals surface area contributed by atoms with Crippen molar-refractivity contribution in [1.82, 2.24) is 10.3 Å². The molecule has 2 unspecified atom stereocenters. The van der Waals surface area contributed by atoms with Crippen molar-refractivity contribution in [2.45, 2.75) is 50.3 Å². The van der Waals surface area contributed by atoms with Gasteiger partial charge in [0.2, 0.25) is 0 Å². The minimum absolute atomic E-state index is 0.525. The van der Waals surface area contributed by atoms with E-state index in [-0.39, 0.29) is 0 Å². The van der Waals surface area contributed by atoms with Gasteiger partial charge in [0.25, 0.3) is 0 Å². The van der Waals surface area contributed by atoms with Crippen LogP contribution in [0, 0.1) is 0 Å². The van der Waals surface area contributed by atoms with Crippen molar-refractivity contribution in [2.24, 2.45) is 0 Å². The highest BCUT2D eigenvalue weighted by Crippen LogP contribution is 2.29. The zero-order valence-corrected chi connectivity index (χ0v) is 12.6. The second kappa shape index (κ2) is 7.75. The number of rotatable bonds is 6. The number of pyridine rings is 1. The number of nitrogens with one attached hydrogen (secondary N) is 1. The second-order valence-electron chi connectivity index (χ2n) is 5.24. The lowest BCUT2D eigenvalue weighted by molar-refractivity contribution is 0.461. The number of thioether (sulfide) groups is 1. The molecule has 0 aromatic carbocycles. The summed E-state index contributed by atoms with van der Waals surface area (Å²) < 4.78 is 0. The minimum Gasteiger partial charge on any atom is -0.398 e. The number of aromatic nitrogens is 1. The van der Waals surface area contributed by atoms with Crippen molar-refractivity contribution in [3.05, 3.63) is 24.0 Å². The van der Waals surface area contributed by atoms with Crippen molar-refractivity contribution in [3.8, 4) is 0 Å². The maximum Gasteiger partial charge on any atom is 0.0378 e. The molecule has 2 heterocycles. The highest BCUT2D eigenvalue weighted by Gasteiger charge is 2.24. The summed E-state index contributed by atoms with van der Waals surface area (Å²) in [5.41, 5.74) is 8.11. The highest BCUT2D eigenvalue weighted by molar-refractivity contribution is 8.00. The minimum atomic E-state index is 0.525. The molecule has 2 atom stereocenters. The predicted octanol–water partition coefficient (Wildman–Crippen LogP) is 2.86. The van der Waals surface area contributed by atoms with Crippen LogP contribution in [0.25, 0.3) is 0 Å². The van der Waals surface area contributed by atoms with Crippen LogP contribution in [0.3, 0.4) is 0 Å². The third kappa shape index (κ3) is 4.39. The first kappa shape index (κ1) is 14.7. The second-order valence-corrected chi connectivity index (χ2v) is 6.59. The van der Waals surface area contributed by atoms with Crippen molar-refractivity contribution < 1.29 is 0 Å². The van der Waals surface area contributed by atoms with Crippen LogP contribution < -0.4 is 11.1 Å². The first-order valence-corrected chi connectivity index (χ1v) is 8.39. The van der Waals surface area contributed by atoms with Crippen LogP contribution in [0.1, 0.15) is 38.2 Å². The van der Waals surface area contributed by atoms with E-state index in [2.05, 4.69) is 29.0 Å². The molecule has 19 heavy (non-hydrogen) atoms. The van der Waals surface area contributed by atoms with Crippen LogP contribution in [0.5, 0.6) is 0 Å². The van der Waals surface area contributed by atoms with Gasteiger partial charge in [-0.25, -0.2) is 0 Å². The van der Waals surface area contributed by atoms with Gasteiger partial charge in [-0.2, -0.15) is 11.8 Å². The topological polar surface area (TPSA) is 50.9 Å². The normalized spacial score (nSPS) is 21.2. The van der Waals surface area contributed by atoms with Crippen molar-refractivity contribution >= 4 is 17.4 Å². The van der Waals surface area contributed by atoms with E-state index in [1.807, 2.05) is 12.3 Å². The Bertz CT molecular complexity index is 377. The molecule has 0 spiro atoms. The molecule has 1 saturated heterocycles. The highest BCUT2D eigenvalue weighted by atomic mass is 32.2. The Morgan fingerprint density at radius 3 is 3.11 bits per heavy atom. The average Bonchev–Trinajstić information content (AvgIpc) is 2.46. The first-order chi connectivity index (χ1) is 9.31. The van der Waals surface area contributed by atoms with E-state index in [1.54, 1.807) is 6.20 Å². The zero-order chi connectivity index (χ0) is 13.5. The summed E-state index contributed by atoms with van der Waals surface area (Å²) in [6, 6.07) is 2.43. The quantitative estimate of drug-likeness (QED) is 0.841. The summed E-state index contributed by atoms with van der Waals surface area (Å²) >= 11 is 2.12. The molecule has 106 valence electrons. The van der Waals surface area contributed by atoms with E-state index in [9.17, 15) is 0 Å². The van der Waals surface area contributed by atoms with E-state index in [4.69, 9.17) is 5.73 Å². The summed E-state index contributed by atoms with van der Waals surface area (Å²) in [7, 11) is 0. The third-order valence-corrected chi connectivity index (χ3v) is 5.22. The molecular weight excluding hydrogens is 254 g/mol. The molecule has 2 rings (SSSR count). The SMILES string of the molecule is CCCNC(Cc1cnccc1N)C1CCCCS1. The molecule has 0 saturated carbocycles. The molecule has 0 radical (unpaired) electrons. The number of nitrogens with zero attached hydrogens (tertiary/aromatic N) is 1. The molecule has 0 aliphatic carbocycles. The fraction of sp³-hybridized carbons (Fsp3) is 0.667. The van der Waals surface area contributed by atoms with Gasteiger partial charge in [-0.1, -0.05) is 13.3 Å². The maximum absolute atomic E-state index is 6.05. The molecule has 1 fully saturated rings. The lowest BCUT2D eigenvalue weighted by Gasteiger charge is -2.31. The Labute approximate surface area is 120 Å². The number of nitrogen functional groups attached to an aromatic ring is 1. The van der Waals surface area contributed by atoms with E-state index in [0.29, 0.717) is 6.04 Å². The fourth-order valence-electron chi connectivity index (χ4n) is 2.59. The van der Waals surface area contributed by atoms with Crippen LogP contribution in [0.4, 0.5) is 5.69 Å². The average molecular weight is 279 g/mol. The first-order valence-electron chi connectivity index (χ1n) is 7.34. The lowest BCUT2D eigenvalue weighted by Crippen LogP contribution is -2.41. The molecule has 1 aliphatic heterocycles. The van der Waals surface area contributed by atoms with E-state index < -0.39 is 0 Å². The summed E-state index contributed by atoms with van der Waals surface area (Å²) in [6.07, 6.45) is 9.92. The number of anilines is 1. The smallest absolute Gasteiger partial charge is 0.0378 e. The fourth-order valence-corrected chi connectivity index (χ4v) is 4.02. The summed E-state index contributed by atoms with van der Waals surface area (Å²) in [5, 5.41) is 4.43. The molecule has 3 nitrogen and oxygen atoms in total. The Kier molecular flexibility index (Phi) is 5.98. The van der Waals surface area contributed by atoms with E-state index in [1.165, 1.54) is 37.0 Å². The standard InChI is InChI=1S/C15H25N3S/c1-2-7-18-14(15-5-3-4-9-19-15)10-12-11-17-8-6-13(12)16/h6,8,11,14-15,18H,2-5,7,9-10H2,1H3,(H2,16,17). The maximum atomic E-state index is 6.05. The zero-order valence-electron chi connectivity index (χ0n) is 11.8. The van der Waals surface area contributed by atoms with E-state index >= 15 is 0 Å². The summed E-state index contributed by atoms with van der Waals surface area (Å²) in [4.78, 5) is 4.21. The van der Waals surface area contributed by atoms with Gasteiger partial charge in [0.15, 0.2) is 0 Å². The molecule has 3 N–H and O–H groups in total. The number of hydrogen-bond acceptors (Lipinski definition) is 4. The van der Waals surface area contributed by atoms with Gasteiger partial charge in [0, 0.05) is 29.4 Å². The third-order valence-electron chi connectivity index (χ3n) is 3.70. The number of hydrogen-bond donors (Lipinski definition) is 2. The van der Waals surface area contributed by atoms with Crippen LogP contribution >= 0.6 is 11.8 Å². The van der Waals surface area contributed by atoms with Gasteiger partial charge < -0.3 is 11.1 Å². The van der Waals surface area contributed by atoms with Crippen LogP contribution in [0.15, 0.2) is 18.5 Å². The van der Waals surface area contributed by atoms with Gasteiger partial charge in [0.05, 0.1) is 0 Å². The number of nitrogens with two attached hydrogens (primary N) is 1. The van der Waals surface area contributed by atoms with Crippen molar-refractivity contribution in [1.29, 1.82) is 0 Å². The van der Waals surface area contributed by atoms with E-state index in [0.717, 1.165) is 23.9 Å². The summed E-state index contributed by atoms with van der Waals surface area (Å²) in [5.74, 6) is 1.30. The molecule has 4 heteroatoms. The van der Waals surface area contributed by atoms with Crippen LogP contribution in [-0.4, -0.2) is 28.6 Å². The monoisotopic (exact) mass is 279 g/mol. The largest absolute Gasteiger partial charge is 0.398 e. The molecular formula is C15H25N3S. The Morgan fingerprint density at radius 1 is 1.53 bits per heavy atom. The van der Waals surface area contributed by atoms with Gasteiger partial charge in [0.1, 0.15) is 0 Å². The molecule has 1 aliphatic rings. The molecule has 1 aromatic rings. The predicted molar refractivity (Wildman–Crippen MR) is 84.5 cm³/mol. The Hall–Kier alpha value is -0.740. The van der Waals surface area contributed by atoms with Crippen molar-refractivity contribution in [3.63, 3.8) is 0 Å². The van der Waals surface area contributed by atoms with Crippen LogP contribution in [-0.2, 0) is 6.42 Å². The van der Waals surface area contributed by atoms with Gasteiger partial charge in [-0.15, -0.1) is 0 Å².